The zero-order valence-corrected chi connectivity index (χ0v) is 14.0. The van der Waals surface area contributed by atoms with Crippen LogP contribution in [0.3, 0.4) is 0 Å². The lowest BCUT2D eigenvalue weighted by Crippen LogP contribution is -2.17. The van der Waals surface area contributed by atoms with E-state index in [0.29, 0.717) is 22.9 Å². The first-order valence-electron chi connectivity index (χ1n) is 6.90. The predicted octanol–water partition coefficient (Wildman–Crippen LogP) is 3.36. The minimum Gasteiger partial charge on any atom is -0.304 e. The number of carbonyl (C=O) groups is 1. The molecule has 1 aromatic carbocycles. The summed E-state index contributed by atoms with van der Waals surface area (Å²) in [6.07, 6.45) is 3.08. The van der Waals surface area contributed by atoms with Crippen molar-refractivity contribution in [3.63, 3.8) is 0 Å². The highest BCUT2D eigenvalue weighted by molar-refractivity contribution is 6.34. The van der Waals surface area contributed by atoms with E-state index in [2.05, 4.69) is 15.5 Å². The van der Waals surface area contributed by atoms with E-state index in [1.807, 2.05) is 0 Å². The number of hydrogen-bond donors (Lipinski definition) is 1. The summed E-state index contributed by atoms with van der Waals surface area (Å²) in [5, 5.41) is 11.4. The molecule has 9 heteroatoms. The van der Waals surface area contributed by atoms with E-state index in [9.17, 15) is 9.18 Å². The number of rotatable bonds is 4. The van der Waals surface area contributed by atoms with Crippen molar-refractivity contribution in [1.29, 1.82) is 0 Å². The molecule has 124 valence electrons. The summed E-state index contributed by atoms with van der Waals surface area (Å²) in [4.78, 5) is 12.2. The Bertz CT molecular complexity index is 886. The number of carbonyl (C=O) groups excluding carboxylic acids is 1. The Hall–Kier alpha value is -2.38. The van der Waals surface area contributed by atoms with Crippen molar-refractivity contribution in [2.45, 2.75) is 6.54 Å². The first kappa shape index (κ1) is 16.5. The fourth-order valence-electron chi connectivity index (χ4n) is 2.18. The van der Waals surface area contributed by atoms with Gasteiger partial charge in [-0.3, -0.25) is 14.2 Å². The van der Waals surface area contributed by atoms with Crippen LogP contribution in [0.25, 0.3) is 0 Å². The molecule has 2 heterocycles. The smallest absolute Gasteiger partial charge is 0.276 e. The van der Waals surface area contributed by atoms with Gasteiger partial charge in [0.2, 0.25) is 0 Å². The van der Waals surface area contributed by atoms with E-state index in [4.69, 9.17) is 23.2 Å². The van der Waals surface area contributed by atoms with E-state index < -0.39 is 11.7 Å². The van der Waals surface area contributed by atoms with Gasteiger partial charge < -0.3 is 5.32 Å². The normalized spacial score (nSPS) is 10.8. The number of halogens is 3. The van der Waals surface area contributed by atoms with Crippen LogP contribution in [-0.2, 0) is 13.6 Å². The molecule has 0 bridgehead atoms. The second-order valence-electron chi connectivity index (χ2n) is 5.05. The molecule has 0 radical (unpaired) electrons. The first-order valence-corrected chi connectivity index (χ1v) is 7.66. The number of anilines is 1. The molecule has 0 aliphatic carbocycles. The Kier molecular flexibility index (Phi) is 4.55. The summed E-state index contributed by atoms with van der Waals surface area (Å²) in [6.45, 7) is 0.349. The van der Waals surface area contributed by atoms with Crippen LogP contribution in [0.2, 0.25) is 10.0 Å². The number of benzene rings is 1. The Morgan fingerprint density at radius 3 is 2.75 bits per heavy atom. The molecule has 0 aliphatic heterocycles. The topological polar surface area (TPSA) is 64.7 Å². The maximum atomic E-state index is 13.1. The second-order valence-corrected chi connectivity index (χ2v) is 5.87. The van der Waals surface area contributed by atoms with Gasteiger partial charge in [-0.2, -0.15) is 10.2 Å². The van der Waals surface area contributed by atoms with E-state index in [-0.39, 0.29) is 10.7 Å². The molecule has 0 atom stereocenters. The SMILES string of the molecule is Cn1ncc(Cl)c1C(=O)Nc1ccn(Cc2ccc(F)cc2Cl)n1. The van der Waals surface area contributed by atoms with Gasteiger partial charge in [-0.05, 0) is 17.7 Å². The number of aromatic nitrogens is 4. The van der Waals surface area contributed by atoms with E-state index >= 15 is 0 Å². The van der Waals surface area contributed by atoms with Crippen LogP contribution in [0.15, 0.2) is 36.7 Å². The minimum atomic E-state index is -0.412. The average molecular weight is 368 g/mol. The van der Waals surface area contributed by atoms with Gasteiger partial charge in [0, 0.05) is 24.3 Å². The summed E-state index contributed by atoms with van der Waals surface area (Å²) < 4.78 is 16.0. The van der Waals surface area contributed by atoms with Gasteiger partial charge in [0.05, 0.1) is 17.8 Å². The fraction of sp³-hybridized carbons (Fsp3) is 0.133. The lowest BCUT2D eigenvalue weighted by atomic mass is 10.2. The molecule has 0 fully saturated rings. The summed E-state index contributed by atoms with van der Waals surface area (Å²) in [6, 6.07) is 5.80. The molecule has 0 aliphatic rings. The van der Waals surface area contributed by atoms with Crippen LogP contribution in [0.1, 0.15) is 16.1 Å². The maximum Gasteiger partial charge on any atom is 0.276 e. The third-order valence-corrected chi connectivity index (χ3v) is 3.97. The lowest BCUT2D eigenvalue weighted by molar-refractivity contribution is 0.101. The molecule has 6 nitrogen and oxygen atoms in total. The zero-order chi connectivity index (χ0) is 17.3. The number of nitrogens with zero attached hydrogens (tertiary/aromatic N) is 4. The molecule has 24 heavy (non-hydrogen) atoms. The second kappa shape index (κ2) is 6.62. The Morgan fingerprint density at radius 2 is 2.08 bits per heavy atom. The summed E-state index contributed by atoms with van der Waals surface area (Å²) in [7, 11) is 1.62. The number of amides is 1. The summed E-state index contributed by atoms with van der Waals surface area (Å²) in [5.41, 5.74) is 0.960. The van der Waals surface area contributed by atoms with Gasteiger partial charge in [0.1, 0.15) is 11.5 Å². The summed E-state index contributed by atoms with van der Waals surface area (Å²) in [5.74, 6) is -0.453. The number of nitrogens with one attached hydrogen (secondary N) is 1. The molecule has 3 rings (SSSR count). The number of aryl methyl sites for hydroxylation is 1. The molecule has 0 unspecified atom stereocenters. The number of hydrogen-bond acceptors (Lipinski definition) is 3. The molecular formula is C15H12Cl2FN5O. The maximum absolute atomic E-state index is 13.1. The molecule has 0 spiro atoms. The van der Waals surface area contributed by atoms with E-state index in [1.54, 1.807) is 30.1 Å². The highest BCUT2D eigenvalue weighted by Crippen LogP contribution is 2.19. The Balaban J connectivity index is 1.73. The Morgan fingerprint density at radius 1 is 1.29 bits per heavy atom. The highest BCUT2D eigenvalue weighted by Gasteiger charge is 2.16. The van der Waals surface area contributed by atoms with Crippen molar-refractivity contribution in [2.75, 3.05) is 5.32 Å². The first-order chi connectivity index (χ1) is 11.4. The third kappa shape index (κ3) is 3.42. The van der Waals surface area contributed by atoms with Gasteiger partial charge in [-0.25, -0.2) is 4.39 Å². The molecular weight excluding hydrogens is 356 g/mol. The van der Waals surface area contributed by atoms with Crippen LogP contribution in [0, 0.1) is 5.82 Å². The van der Waals surface area contributed by atoms with Crippen molar-refractivity contribution in [3.05, 3.63) is 63.8 Å². The fourth-order valence-corrected chi connectivity index (χ4v) is 2.66. The quantitative estimate of drug-likeness (QED) is 0.768. The van der Waals surface area contributed by atoms with E-state index in [0.717, 1.165) is 0 Å². The average Bonchev–Trinajstić information content (AvgIpc) is 3.08. The van der Waals surface area contributed by atoms with Crippen LogP contribution in [0.5, 0.6) is 0 Å². The Labute approximate surface area is 146 Å². The van der Waals surface area contributed by atoms with Crippen LogP contribution >= 0.6 is 23.2 Å². The molecule has 0 saturated carbocycles. The van der Waals surface area contributed by atoms with Gasteiger partial charge in [0.15, 0.2) is 5.82 Å². The minimum absolute atomic E-state index is 0.243. The van der Waals surface area contributed by atoms with Crippen LogP contribution in [-0.4, -0.2) is 25.5 Å². The van der Waals surface area contributed by atoms with Gasteiger partial charge in [-0.15, -0.1) is 0 Å². The van der Waals surface area contributed by atoms with Crippen molar-refractivity contribution in [2.24, 2.45) is 7.05 Å². The molecule has 0 saturated heterocycles. The molecule has 2 aromatic heterocycles. The van der Waals surface area contributed by atoms with Gasteiger partial charge >= 0.3 is 0 Å². The molecule has 1 amide bonds. The highest BCUT2D eigenvalue weighted by atomic mass is 35.5. The van der Waals surface area contributed by atoms with Crippen LogP contribution in [0.4, 0.5) is 10.2 Å². The largest absolute Gasteiger partial charge is 0.304 e. The molecule has 1 N–H and O–H groups in total. The third-order valence-electron chi connectivity index (χ3n) is 3.34. The zero-order valence-electron chi connectivity index (χ0n) is 12.5. The van der Waals surface area contributed by atoms with E-state index in [1.165, 1.54) is 23.0 Å². The standard InChI is InChI=1S/C15H12Cl2FN5O/c1-22-14(12(17)7-19-22)15(24)20-13-4-5-23(21-13)8-9-2-3-10(18)6-11(9)16/h2-7H,8H2,1H3,(H,20,21,24). The lowest BCUT2D eigenvalue weighted by Gasteiger charge is -2.05. The van der Waals surface area contributed by atoms with Crippen molar-refractivity contribution in [3.8, 4) is 0 Å². The van der Waals surface area contributed by atoms with Crippen molar-refractivity contribution >= 4 is 34.9 Å². The van der Waals surface area contributed by atoms with Crippen molar-refractivity contribution < 1.29 is 9.18 Å². The van der Waals surface area contributed by atoms with Crippen LogP contribution < -0.4 is 5.32 Å². The van der Waals surface area contributed by atoms with Gasteiger partial charge in [0.25, 0.3) is 5.91 Å². The monoisotopic (exact) mass is 367 g/mol. The predicted molar refractivity (Wildman–Crippen MR) is 88.9 cm³/mol. The molecule has 3 aromatic rings. The summed E-state index contributed by atoms with van der Waals surface area (Å²) >= 11 is 11.9. The van der Waals surface area contributed by atoms with Gasteiger partial charge in [-0.1, -0.05) is 29.3 Å². The van der Waals surface area contributed by atoms with Crippen molar-refractivity contribution in [1.82, 2.24) is 19.6 Å².